The molecule has 0 saturated heterocycles. The molecule has 0 spiro atoms. The summed E-state index contributed by atoms with van der Waals surface area (Å²) >= 11 is 0. The van der Waals surface area contributed by atoms with E-state index in [1.807, 2.05) is 18.2 Å². The summed E-state index contributed by atoms with van der Waals surface area (Å²) in [5, 5.41) is 22.1. The lowest BCUT2D eigenvalue weighted by Crippen LogP contribution is -1.98. The van der Waals surface area contributed by atoms with E-state index in [2.05, 4.69) is 39.4 Å². The molecule has 102 valence electrons. The number of hydrogen-bond donors (Lipinski definition) is 1. The topological polar surface area (TPSA) is 58.9 Å². The highest BCUT2D eigenvalue weighted by atomic mass is 16.3. The molecule has 0 bridgehead atoms. The molecule has 1 atom stereocenters. The Morgan fingerprint density at radius 2 is 1.76 bits per heavy atom. The zero-order valence-corrected chi connectivity index (χ0v) is 11.5. The minimum absolute atomic E-state index is 0.566. The number of fused-ring (bicyclic) bond motifs is 3. The number of aromatic nitrogens is 3. The molecule has 1 unspecified atom stereocenters. The van der Waals surface area contributed by atoms with Crippen molar-refractivity contribution in [3.8, 4) is 0 Å². The Kier molecular flexibility index (Phi) is 2.59. The quantitative estimate of drug-likeness (QED) is 0.541. The lowest BCUT2D eigenvalue weighted by Gasteiger charge is -2.09. The van der Waals surface area contributed by atoms with Crippen LogP contribution in [0.2, 0.25) is 0 Å². The molecule has 0 aliphatic carbocycles. The average Bonchev–Trinajstić information content (AvgIpc) is 2.50. The second kappa shape index (κ2) is 4.46. The van der Waals surface area contributed by atoms with E-state index in [9.17, 15) is 5.11 Å². The fourth-order valence-electron chi connectivity index (χ4n) is 2.69. The van der Waals surface area contributed by atoms with Gasteiger partial charge >= 0.3 is 0 Å². The van der Waals surface area contributed by atoms with Crippen LogP contribution in [0.4, 0.5) is 0 Å². The molecule has 0 amide bonds. The van der Waals surface area contributed by atoms with E-state index in [0.29, 0.717) is 5.65 Å². The summed E-state index contributed by atoms with van der Waals surface area (Å²) in [6.07, 6.45) is 1.00. The van der Waals surface area contributed by atoms with E-state index in [1.165, 1.54) is 5.39 Å². The zero-order chi connectivity index (χ0) is 14.4. The van der Waals surface area contributed by atoms with Gasteiger partial charge in [0.15, 0.2) is 5.65 Å². The van der Waals surface area contributed by atoms with Crippen molar-refractivity contribution >= 4 is 32.7 Å². The van der Waals surface area contributed by atoms with Gasteiger partial charge in [-0.05, 0) is 35.9 Å². The Morgan fingerprint density at radius 3 is 2.52 bits per heavy atom. The molecule has 0 aliphatic rings. The lowest BCUT2D eigenvalue weighted by molar-refractivity contribution is 0.200. The van der Waals surface area contributed by atoms with Crippen LogP contribution in [0.5, 0.6) is 0 Å². The minimum Gasteiger partial charge on any atom is -0.389 e. The number of nitrogens with zero attached hydrogens (tertiary/aromatic N) is 3. The minimum atomic E-state index is -0.595. The molecule has 4 nitrogen and oxygen atoms in total. The van der Waals surface area contributed by atoms with Crippen LogP contribution in [0.25, 0.3) is 32.7 Å². The molecule has 4 aromatic rings. The normalized spacial score (nSPS) is 13.0. The highest BCUT2D eigenvalue weighted by Crippen LogP contribution is 2.27. The van der Waals surface area contributed by atoms with E-state index in [-0.39, 0.29) is 0 Å². The summed E-state index contributed by atoms with van der Waals surface area (Å²) in [7, 11) is 0. The second-order valence-corrected chi connectivity index (χ2v) is 5.23. The molecule has 2 aromatic carbocycles. The summed E-state index contributed by atoms with van der Waals surface area (Å²) in [6, 6.07) is 14.4. The van der Waals surface area contributed by atoms with Gasteiger partial charge in [0.25, 0.3) is 0 Å². The van der Waals surface area contributed by atoms with Gasteiger partial charge in [0, 0.05) is 16.3 Å². The summed E-state index contributed by atoms with van der Waals surface area (Å²) < 4.78 is 0. The summed E-state index contributed by atoms with van der Waals surface area (Å²) in [5.41, 5.74) is 2.21. The fraction of sp³-hybridized carbons (Fsp3) is 0.118. The molecule has 0 saturated carbocycles. The first-order chi connectivity index (χ1) is 10.2. The molecule has 2 aromatic heterocycles. The van der Waals surface area contributed by atoms with Gasteiger partial charge in [-0.15, -0.1) is 5.10 Å². The molecule has 0 radical (unpaired) electrons. The summed E-state index contributed by atoms with van der Waals surface area (Å²) in [5.74, 6) is 0. The van der Waals surface area contributed by atoms with Gasteiger partial charge in [-0.2, -0.15) is 5.10 Å². The van der Waals surface area contributed by atoms with E-state index >= 15 is 0 Å². The van der Waals surface area contributed by atoms with E-state index in [1.54, 1.807) is 13.1 Å². The van der Waals surface area contributed by atoms with Crippen LogP contribution in [-0.4, -0.2) is 20.3 Å². The fourth-order valence-corrected chi connectivity index (χ4v) is 2.69. The van der Waals surface area contributed by atoms with Gasteiger partial charge in [0.2, 0.25) is 0 Å². The van der Waals surface area contributed by atoms with Crippen LogP contribution in [-0.2, 0) is 0 Å². The second-order valence-electron chi connectivity index (χ2n) is 5.23. The Hall–Kier alpha value is -2.59. The van der Waals surface area contributed by atoms with Crippen molar-refractivity contribution in [1.29, 1.82) is 0 Å². The predicted molar refractivity (Wildman–Crippen MR) is 83.0 cm³/mol. The standard InChI is InChI=1S/C17H13N3O/c1-10(21)15-9-18-20-17-14(15)7-13-6-11-4-2-3-5-12(11)8-16(13)19-17/h2-10,21H,1H3. The first-order valence-corrected chi connectivity index (χ1v) is 6.85. The number of aliphatic hydroxyl groups is 1. The predicted octanol–water partition coefficient (Wildman–Crippen LogP) is 3.38. The summed E-state index contributed by atoms with van der Waals surface area (Å²) in [4.78, 5) is 4.59. The Labute approximate surface area is 121 Å². The molecule has 21 heavy (non-hydrogen) atoms. The molecular formula is C17H13N3O. The van der Waals surface area contributed by atoms with Crippen molar-refractivity contribution in [3.63, 3.8) is 0 Å². The highest BCUT2D eigenvalue weighted by Gasteiger charge is 2.10. The third-order valence-electron chi connectivity index (χ3n) is 3.77. The third-order valence-corrected chi connectivity index (χ3v) is 3.77. The van der Waals surface area contributed by atoms with E-state index in [4.69, 9.17) is 0 Å². The number of pyridine rings is 1. The van der Waals surface area contributed by atoms with Crippen molar-refractivity contribution in [2.24, 2.45) is 0 Å². The maximum atomic E-state index is 9.87. The zero-order valence-electron chi connectivity index (χ0n) is 11.5. The van der Waals surface area contributed by atoms with Gasteiger partial charge in [-0.25, -0.2) is 4.98 Å². The van der Waals surface area contributed by atoms with Gasteiger partial charge in [0.1, 0.15) is 0 Å². The van der Waals surface area contributed by atoms with Gasteiger partial charge in [0.05, 0.1) is 17.8 Å². The SMILES string of the molecule is CC(O)c1cnnc2nc3cc4ccccc4cc3cc12. The van der Waals surface area contributed by atoms with E-state index in [0.717, 1.165) is 27.2 Å². The molecule has 4 rings (SSSR count). The number of rotatable bonds is 1. The molecule has 0 fully saturated rings. The van der Waals surface area contributed by atoms with Crippen molar-refractivity contribution in [1.82, 2.24) is 15.2 Å². The number of hydrogen-bond acceptors (Lipinski definition) is 4. The maximum absolute atomic E-state index is 9.87. The maximum Gasteiger partial charge on any atom is 0.182 e. The summed E-state index contributed by atoms with van der Waals surface area (Å²) in [6.45, 7) is 1.72. The Morgan fingerprint density at radius 1 is 1.00 bits per heavy atom. The van der Waals surface area contributed by atoms with Gasteiger partial charge in [-0.1, -0.05) is 24.3 Å². The first kappa shape index (κ1) is 12.2. The monoisotopic (exact) mass is 275 g/mol. The number of aliphatic hydroxyl groups excluding tert-OH is 1. The van der Waals surface area contributed by atoms with Crippen LogP contribution < -0.4 is 0 Å². The van der Waals surface area contributed by atoms with Crippen molar-refractivity contribution in [3.05, 3.63) is 54.2 Å². The average molecular weight is 275 g/mol. The third kappa shape index (κ3) is 1.92. The van der Waals surface area contributed by atoms with Crippen LogP contribution in [0.15, 0.2) is 48.7 Å². The highest BCUT2D eigenvalue weighted by molar-refractivity contribution is 6.00. The molecular weight excluding hydrogens is 262 g/mol. The van der Waals surface area contributed by atoms with Crippen molar-refractivity contribution < 1.29 is 5.11 Å². The molecule has 0 aliphatic heterocycles. The van der Waals surface area contributed by atoms with Gasteiger partial charge < -0.3 is 5.11 Å². The van der Waals surface area contributed by atoms with Crippen molar-refractivity contribution in [2.45, 2.75) is 13.0 Å². The van der Waals surface area contributed by atoms with E-state index < -0.39 is 6.10 Å². The largest absolute Gasteiger partial charge is 0.389 e. The smallest absolute Gasteiger partial charge is 0.182 e. The lowest BCUT2D eigenvalue weighted by atomic mass is 10.0. The van der Waals surface area contributed by atoms with Gasteiger partial charge in [-0.3, -0.25) is 0 Å². The van der Waals surface area contributed by atoms with Crippen LogP contribution >= 0.6 is 0 Å². The Bertz CT molecular complexity index is 979. The Balaban J connectivity index is 2.13. The van der Waals surface area contributed by atoms with Crippen molar-refractivity contribution in [2.75, 3.05) is 0 Å². The first-order valence-electron chi connectivity index (χ1n) is 6.85. The number of benzene rings is 2. The van der Waals surface area contributed by atoms with Crippen LogP contribution in [0.1, 0.15) is 18.6 Å². The molecule has 1 N–H and O–H groups in total. The van der Waals surface area contributed by atoms with Crippen LogP contribution in [0.3, 0.4) is 0 Å². The van der Waals surface area contributed by atoms with Crippen LogP contribution in [0, 0.1) is 0 Å². The molecule has 2 heterocycles. The molecule has 4 heteroatoms.